The molecule has 92 valence electrons. The van der Waals surface area contributed by atoms with Crippen molar-refractivity contribution in [3.63, 3.8) is 0 Å². The summed E-state index contributed by atoms with van der Waals surface area (Å²) in [7, 11) is 0. The average molecular weight is 334 g/mol. The van der Waals surface area contributed by atoms with Gasteiger partial charge in [0, 0.05) is 0 Å². The summed E-state index contributed by atoms with van der Waals surface area (Å²) in [5.41, 5.74) is 0. The van der Waals surface area contributed by atoms with Gasteiger partial charge in [0.25, 0.3) is 0 Å². The van der Waals surface area contributed by atoms with Crippen molar-refractivity contribution in [2.24, 2.45) is 5.92 Å². The maximum Gasteiger partial charge on any atom is 0.0907 e. The summed E-state index contributed by atoms with van der Waals surface area (Å²) in [5, 5.41) is 10.2. The van der Waals surface area contributed by atoms with Crippen molar-refractivity contribution in [1.82, 2.24) is 0 Å². The fourth-order valence-corrected chi connectivity index (χ4v) is 3.42. The van der Waals surface area contributed by atoms with Gasteiger partial charge in [-0.15, -0.1) is 0 Å². The zero-order valence-electron chi connectivity index (χ0n) is 10.3. The first-order chi connectivity index (χ1) is 7.65. The largest absolute Gasteiger partial charge is 0.387 e. The van der Waals surface area contributed by atoms with Gasteiger partial charge in [0.15, 0.2) is 0 Å². The van der Waals surface area contributed by atoms with Crippen molar-refractivity contribution < 1.29 is 5.11 Å². The van der Waals surface area contributed by atoms with E-state index < -0.39 is 0 Å². The highest BCUT2D eigenvalue weighted by Gasteiger charge is 2.39. The van der Waals surface area contributed by atoms with Gasteiger partial charge in [-0.1, -0.05) is 80.0 Å². The number of aliphatic hydroxyl groups excluding tert-OH is 1. The lowest BCUT2D eigenvalue weighted by Crippen LogP contribution is -2.41. The third-order valence-electron chi connectivity index (χ3n) is 3.38. The van der Waals surface area contributed by atoms with Crippen LogP contribution in [0.2, 0.25) is 0 Å². The number of aliphatic hydroxyl groups is 1. The third-order valence-corrected chi connectivity index (χ3v) is 5.26. The molecule has 0 fully saturated rings. The van der Waals surface area contributed by atoms with Gasteiger partial charge in [-0.25, -0.2) is 0 Å². The molecule has 0 aliphatic heterocycles. The molecule has 0 aromatic carbocycles. The molecule has 2 heteroatoms. The first-order valence-corrected chi connectivity index (χ1v) is 7.46. The molecular weight excluding hydrogens is 311 g/mol. The molecule has 0 bridgehead atoms. The quantitative estimate of drug-likeness (QED) is 0.569. The number of allylic oxidation sites excluding steroid dienone is 2. The minimum atomic E-state index is -0.327. The van der Waals surface area contributed by atoms with Crippen LogP contribution in [0, 0.1) is 5.92 Å². The minimum absolute atomic E-state index is 0.0856. The van der Waals surface area contributed by atoms with Crippen molar-refractivity contribution in [2.75, 3.05) is 0 Å². The third kappa shape index (κ3) is 3.33. The maximum absolute atomic E-state index is 10.2. The number of hydrogen-bond donors (Lipinski definition) is 1. The maximum atomic E-state index is 10.2. The van der Waals surface area contributed by atoms with Crippen LogP contribution in [0.25, 0.3) is 0 Å². The Morgan fingerprint density at radius 3 is 2.56 bits per heavy atom. The van der Waals surface area contributed by atoms with Gasteiger partial charge >= 0.3 is 0 Å². The zero-order chi connectivity index (χ0) is 12.0. The predicted octanol–water partition coefficient (Wildman–Crippen LogP) is 4.25. The lowest BCUT2D eigenvalue weighted by molar-refractivity contribution is 0.159. The molecule has 0 spiro atoms. The molecular formula is C14H23IO. The molecule has 1 aliphatic carbocycles. The molecule has 0 aromatic rings. The van der Waals surface area contributed by atoms with Gasteiger partial charge in [0.05, 0.1) is 9.53 Å². The monoisotopic (exact) mass is 334 g/mol. The van der Waals surface area contributed by atoms with Gasteiger partial charge in [0.1, 0.15) is 0 Å². The predicted molar refractivity (Wildman–Crippen MR) is 79.0 cm³/mol. The van der Waals surface area contributed by atoms with E-state index in [-0.39, 0.29) is 9.53 Å². The van der Waals surface area contributed by atoms with E-state index in [0.29, 0.717) is 5.92 Å². The second kappa shape index (κ2) is 6.80. The molecule has 3 unspecified atom stereocenters. The van der Waals surface area contributed by atoms with Gasteiger partial charge < -0.3 is 5.11 Å². The molecule has 0 amide bonds. The molecule has 3 atom stereocenters. The van der Waals surface area contributed by atoms with E-state index in [0.717, 1.165) is 0 Å². The summed E-state index contributed by atoms with van der Waals surface area (Å²) in [4.78, 5) is 0. The minimum Gasteiger partial charge on any atom is -0.387 e. The van der Waals surface area contributed by atoms with Crippen LogP contribution < -0.4 is 0 Å². The number of unbranched alkanes of at least 4 members (excludes halogenated alkanes) is 1. The first-order valence-electron chi connectivity index (χ1n) is 6.38. The molecule has 1 aliphatic rings. The van der Waals surface area contributed by atoms with Crippen molar-refractivity contribution >= 4 is 22.6 Å². The topological polar surface area (TPSA) is 20.2 Å². The fourth-order valence-electron chi connectivity index (χ4n) is 2.38. The summed E-state index contributed by atoms with van der Waals surface area (Å²) in [6.45, 7) is 4.46. The lowest BCUT2D eigenvalue weighted by atomic mass is 9.79. The van der Waals surface area contributed by atoms with Gasteiger partial charge in [0.2, 0.25) is 0 Å². The second-order valence-corrected chi connectivity index (χ2v) is 6.51. The Balaban J connectivity index is 2.74. The Kier molecular flexibility index (Phi) is 6.05. The smallest absolute Gasteiger partial charge is 0.0907 e. The fraction of sp³-hybridized carbons (Fsp3) is 0.714. The average Bonchev–Trinajstić information content (AvgIpc) is 2.28. The molecule has 0 radical (unpaired) electrons. The first kappa shape index (κ1) is 14.2. The van der Waals surface area contributed by atoms with E-state index in [9.17, 15) is 5.11 Å². The van der Waals surface area contributed by atoms with Gasteiger partial charge in [-0.05, 0) is 18.8 Å². The van der Waals surface area contributed by atoms with E-state index >= 15 is 0 Å². The van der Waals surface area contributed by atoms with Crippen LogP contribution in [0.15, 0.2) is 24.3 Å². The molecule has 16 heavy (non-hydrogen) atoms. The Labute approximate surface area is 113 Å². The SMILES string of the molecule is CCCCC(CCC)C1(I)C=CC=CC1O. The number of alkyl halides is 1. The van der Waals surface area contributed by atoms with Crippen LogP contribution in [0.5, 0.6) is 0 Å². The molecule has 0 aromatic heterocycles. The van der Waals surface area contributed by atoms with Crippen LogP contribution in [0.4, 0.5) is 0 Å². The Morgan fingerprint density at radius 1 is 1.25 bits per heavy atom. The summed E-state index contributed by atoms with van der Waals surface area (Å²) in [5.74, 6) is 0.592. The highest BCUT2D eigenvalue weighted by atomic mass is 127. The summed E-state index contributed by atoms with van der Waals surface area (Å²) in [6.07, 6.45) is 13.9. The van der Waals surface area contributed by atoms with E-state index in [1.54, 1.807) is 0 Å². The summed E-state index contributed by atoms with van der Waals surface area (Å²) < 4.78 is -0.0856. The molecule has 0 heterocycles. The highest BCUT2D eigenvalue weighted by Crippen LogP contribution is 2.41. The van der Waals surface area contributed by atoms with E-state index in [4.69, 9.17) is 0 Å². The lowest BCUT2D eigenvalue weighted by Gasteiger charge is -2.38. The van der Waals surface area contributed by atoms with Crippen molar-refractivity contribution in [3.05, 3.63) is 24.3 Å². The Morgan fingerprint density at radius 2 is 2.00 bits per heavy atom. The normalized spacial score (nSPS) is 30.6. The van der Waals surface area contributed by atoms with Crippen molar-refractivity contribution in [3.8, 4) is 0 Å². The van der Waals surface area contributed by atoms with Crippen LogP contribution in [0.1, 0.15) is 46.0 Å². The summed E-state index contributed by atoms with van der Waals surface area (Å²) >= 11 is 2.45. The number of hydrogen-bond acceptors (Lipinski definition) is 1. The van der Waals surface area contributed by atoms with E-state index in [2.05, 4.69) is 48.6 Å². The highest BCUT2D eigenvalue weighted by molar-refractivity contribution is 14.1. The van der Waals surface area contributed by atoms with E-state index in [1.165, 1.54) is 32.1 Å². The van der Waals surface area contributed by atoms with Crippen LogP contribution in [-0.4, -0.2) is 14.6 Å². The standard InChI is InChI=1S/C14H23IO/c1-3-5-9-12(8-4-2)14(15)11-7-6-10-13(14)16/h6-7,10-13,16H,3-5,8-9H2,1-2H3. The van der Waals surface area contributed by atoms with Gasteiger partial charge in [-0.3, -0.25) is 0 Å². The summed E-state index contributed by atoms with van der Waals surface area (Å²) in [6, 6.07) is 0. The molecule has 0 saturated heterocycles. The van der Waals surface area contributed by atoms with Gasteiger partial charge in [-0.2, -0.15) is 0 Å². The van der Waals surface area contributed by atoms with Crippen LogP contribution in [-0.2, 0) is 0 Å². The zero-order valence-corrected chi connectivity index (χ0v) is 12.5. The number of halogens is 1. The molecule has 0 saturated carbocycles. The molecule has 1 nitrogen and oxygen atoms in total. The van der Waals surface area contributed by atoms with Crippen LogP contribution >= 0.6 is 22.6 Å². The second-order valence-electron chi connectivity index (χ2n) is 4.64. The Bertz CT molecular complexity index is 259. The Hall–Kier alpha value is 0.170. The molecule has 1 N–H and O–H groups in total. The van der Waals surface area contributed by atoms with Crippen molar-refractivity contribution in [1.29, 1.82) is 0 Å². The molecule has 1 rings (SSSR count). The van der Waals surface area contributed by atoms with Crippen LogP contribution in [0.3, 0.4) is 0 Å². The van der Waals surface area contributed by atoms with E-state index in [1.807, 2.05) is 12.2 Å². The van der Waals surface area contributed by atoms with Crippen molar-refractivity contribution in [2.45, 2.75) is 55.5 Å². The number of rotatable bonds is 6.